The Balaban J connectivity index is 2.62. The van der Waals surface area contributed by atoms with Crippen LogP contribution >= 0.6 is 11.3 Å². The van der Waals surface area contributed by atoms with E-state index in [1.807, 2.05) is 0 Å². The maximum absolute atomic E-state index is 4.63. The molecule has 0 saturated carbocycles. The van der Waals surface area contributed by atoms with Gasteiger partial charge in [-0.3, -0.25) is 0 Å². The van der Waals surface area contributed by atoms with Crippen LogP contribution in [0.1, 0.15) is 38.3 Å². The second-order valence-corrected chi connectivity index (χ2v) is 6.30. The third-order valence-corrected chi connectivity index (χ3v) is 4.04. The van der Waals surface area contributed by atoms with Gasteiger partial charge >= 0.3 is 0 Å². The third-order valence-electron chi connectivity index (χ3n) is 2.80. The first kappa shape index (κ1) is 14.5. The van der Waals surface area contributed by atoms with Crippen LogP contribution < -0.4 is 10.2 Å². The fourth-order valence-corrected chi connectivity index (χ4v) is 2.55. The molecule has 0 amide bonds. The van der Waals surface area contributed by atoms with E-state index in [1.165, 1.54) is 4.88 Å². The first-order chi connectivity index (χ1) is 7.91. The zero-order chi connectivity index (χ0) is 13.0. The van der Waals surface area contributed by atoms with Crippen LogP contribution in [-0.2, 0) is 6.54 Å². The maximum Gasteiger partial charge on any atom is 0.185 e. The van der Waals surface area contributed by atoms with Crippen molar-refractivity contribution in [1.29, 1.82) is 0 Å². The first-order valence-electron chi connectivity index (χ1n) is 6.31. The molecule has 0 saturated heterocycles. The van der Waals surface area contributed by atoms with E-state index in [0.717, 1.165) is 23.9 Å². The van der Waals surface area contributed by atoms with Crippen LogP contribution in [0.4, 0.5) is 5.13 Å². The van der Waals surface area contributed by atoms with Gasteiger partial charge in [-0.05, 0) is 33.2 Å². The summed E-state index contributed by atoms with van der Waals surface area (Å²) in [4.78, 5) is 8.21. The number of anilines is 1. The van der Waals surface area contributed by atoms with Gasteiger partial charge in [-0.1, -0.05) is 13.8 Å². The van der Waals surface area contributed by atoms with Gasteiger partial charge < -0.3 is 10.2 Å². The van der Waals surface area contributed by atoms with E-state index in [-0.39, 0.29) is 0 Å². The van der Waals surface area contributed by atoms with Gasteiger partial charge in [0.05, 0.1) is 5.69 Å². The van der Waals surface area contributed by atoms with E-state index in [4.69, 9.17) is 0 Å². The maximum atomic E-state index is 4.63. The topological polar surface area (TPSA) is 28.2 Å². The monoisotopic (exact) mass is 255 g/mol. The molecule has 1 rings (SSSR count). The van der Waals surface area contributed by atoms with Gasteiger partial charge in [-0.15, -0.1) is 11.3 Å². The normalized spacial score (nSPS) is 11.5. The van der Waals surface area contributed by atoms with Crippen LogP contribution in [0.3, 0.4) is 0 Å². The van der Waals surface area contributed by atoms with Crippen molar-refractivity contribution in [1.82, 2.24) is 10.3 Å². The molecule has 17 heavy (non-hydrogen) atoms. The lowest BCUT2D eigenvalue weighted by Crippen LogP contribution is -2.25. The molecule has 0 bridgehead atoms. The summed E-state index contributed by atoms with van der Waals surface area (Å²) in [5.41, 5.74) is 1.16. The Morgan fingerprint density at radius 3 is 2.47 bits per heavy atom. The predicted octanol–water partition coefficient (Wildman–Crippen LogP) is 3.04. The summed E-state index contributed by atoms with van der Waals surface area (Å²) in [6, 6.07) is 0.497. The van der Waals surface area contributed by atoms with Gasteiger partial charge in [-0.2, -0.15) is 0 Å². The zero-order valence-corrected chi connectivity index (χ0v) is 12.7. The Kier molecular flexibility index (Phi) is 5.40. The minimum atomic E-state index is 0.497. The van der Waals surface area contributed by atoms with Crippen LogP contribution in [0.2, 0.25) is 0 Å². The lowest BCUT2D eigenvalue weighted by Gasteiger charge is -2.19. The van der Waals surface area contributed by atoms with E-state index in [0.29, 0.717) is 12.0 Å². The molecular formula is C13H25N3S. The van der Waals surface area contributed by atoms with Crippen LogP contribution in [0.15, 0.2) is 0 Å². The van der Waals surface area contributed by atoms with Gasteiger partial charge in [0.25, 0.3) is 0 Å². The number of aryl methyl sites for hydroxylation is 1. The van der Waals surface area contributed by atoms with Crippen molar-refractivity contribution in [2.45, 2.75) is 47.2 Å². The summed E-state index contributed by atoms with van der Waals surface area (Å²) >= 11 is 1.80. The summed E-state index contributed by atoms with van der Waals surface area (Å²) in [6.45, 7) is 12.9. The third kappa shape index (κ3) is 4.28. The van der Waals surface area contributed by atoms with Crippen molar-refractivity contribution in [3.8, 4) is 0 Å². The Morgan fingerprint density at radius 2 is 1.94 bits per heavy atom. The Bertz CT molecular complexity index is 344. The molecule has 0 radical (unpaired) electrons. The number of hydrogen-bond donors (Lipinski definition) is 1. The van der Waals surface area contributed by atoms with Crippen LogP contribution in [0.25, 0.3) is 0 Å². The van der Waals surface area contributed by atoms with Crippen molar-refractivity contribution in [3.05, 3.63) is 10.6 Å². The Labute approximate surface area is 109 Å². The molecule has 1 aromatic rings. The highest BCUT2D eigenvalue weighted by Crippen LogP contribution is 2.26. The average molecular weight is 255 g/mol. The Morgan fingerprint density at radius 1 is 1.29 bits per heavy atom. The number of nitrogens with one attached hydrogen (secondary N) is 1. The minimum Gasteiger partial charge on any atom is -0.349 e. The SMILES string of the molecule is Cc1nc(N(C)C(C)C)sc1CNCC(C)C. The molecule has 0 aliphatic rings. The van der Waals surface area contributed by atoms with Crippen molar-refractivity contribution < 1.29 is 0 Å². The molecule has 1 N–H and O–H groups in total. The number of nitrogens with zero attached hydrogens (tertiary/aromatic N) is 2. The van der Waals surface area contributed by atoms with E-state index < -0.39 is 0 Å². The smallest absolute Gasteiger partial charge is 0.185 e. The molecule has 0 fully saturated rings. The minimum absolute atomic E-state index is 0.497. The summed E-state index contributed by atoms with van der Waals surface area (Å²) in [7, 11) is 2.11. The second kappa shape index (κ2) is 6.36. The molecule has 98 valence electrons. The van der Waals surface area contributed by atoms with Gasteiger partial charge in [0.15, 0.2) is 5.13 Å². The summed E-state index contributed by atoms with van der Waals surface area (Å²) < 4.78 is 0. The van der Waals surface area contributed by atoms with Crippen molar-refractivity contribution >= 4 is 16.5 Å². The van der Waals surface area contributed by atoms with Gasteiger partial charge in [0.2, 0.25) is 0 Å². The van der Waals surface area contributed by atoms with Crippen molar-refractivity contribution in [2.24, 2.45) is 5.92 Å². The average Bonchev–Trinajstić information content (AvgIpc) is 2.58. The molecule has 3 nitrogen and oxygen atoms in total. The number of rotatable bonds is 6. The van der Waals surface area contributed by atoms with E-state index in [2.05, 4.69) is 56.9 Å². The largest absolute Gasteiger partial charge is 0.349 e. The lowest BCUT2D eigenvalue weighted by molar-refractivity contribution is 0.554. The molecule has 0 aromatic carbocycles. The standard InChI is InChI=1S/C13H25N3S/c1-9(2)7-14-8-12-11(5)15-13(17-12)16(6)10(3)4/h9-10,14H,7-8H2,1-6H3. The molecule has 0 unspecified atom stereocenters. The predicted molar refractivity (Wildman–Crippen MR) is 76.9 cm³/mol. The lowest BCUT2D eigenvalue weighted by atomic mass is 10.2. The highest BCUT2D eigenvalue weighted by Gasteiger charge is 2.12. The molecule has 1 aromatic heterocycles. The quantitative estimate of drug-likeness (QED) is 0.847. The summed E-state index contributed by atoms with van der Waals surface area (Å²) in [5, 5.41) is 4.60. The molecular weight excluding hydrogens is 230 g/mol. The molecule has 0 spiro atoms. The molecule has 1 heterocycles. The first-order valence-corrected chi connectivity index (χ1v) is 7.13. The summed E-state index contributed by atoms with van der Waals surface area (Å²) in [5.74, 6) is 0.695. The zero-order valence-electron chi connectivity index (χ0n) is 11.9. The van der Waals surface area contributed by atoms with Crippen molar-refractivity contribution in [3.63, 3.8) is 0 Å². The fraction of sp³-hybridized carbons (Fsp3) is 0.769. The van der Waals surface area contributed by atoms with Crippen LogP contribution in [-0.4, -0.2) is 24.6 Å². The van der Waals surface area contributed by atoms with E-state index in [1.54, 1.807) is 11.3 Å². The Hall–Kier alpha value is -0.610. The van der Waals surface area contributed by atoms with Gasteiger partial charge in [0, 0.05) is 24.5 Å². The van der Waals surface area contributed by atoms with Crippen LogP contribution in [0.5, 0.6) is 0 Å². The highest BCUT2D eigenvalue weighted by molar-refractivity contribution is 7.15. The highest BCUT2D eigenvalue weighted by atomic mass is 32.1. The number of hydrogen-bond acceptors (Lipinski definition) is 4. The molecule has 0 aliphatic heterocycles. The fourth-order valence-electron chi connectivity index (χ4n) is 1.42. The number of aromatic nitrogens is 1. The van der Waals surface area contributed by atoms with E-state index >= 15 is 0 Å². The summed E-state index contributed by atoms with van der Waals surface area (Å²) in [6.07, 6.45) is 0. The second-order valence-electron chi connectivity index (χ2n) is 5.23. The molecule has 0 atom stereocenters. The van der Waals surface area contributed by atoms with Gasteiger partial charge in [0.1, 0.15) is 0 Å². The van der Waals surface area contributed by atoms with Crippen LogP contribution in [0, 0.1) is 12.8 Å². The van der Waals surface area contributed by atoms with Gasteiger partial charge in [-0.25, -0.2) is 4.98 Å². The van der Waals surface area contributed by atoms with E-state index in [9.17, 15) is 0 Å². The number of thiazole rings is 1. The molecule has 4 heteroatoms. The molecule has 0 aliphatic carbocycles. The van der Waals surface area contributed by atoms with Crippen molar-refractivity contribution in [2.75, 3.05) is 18.5 Å².